The first kappa shape index (κ1) is 15.2. The average molecular weight is 298 g/mol. The summed E-state index contributed by atoms with van der Waals surface area (Å²) < 4.78 is 26.6. The van der Waals surface area contributed by atoms with Crippen LogP contribution < -0.4 is 5.73 Å². The second kappa shape index (κ2) is 6.07. The number of pyridine rings is 1. The van der Waals surface area contributed by atoms with E-state index < -0.39 is 10.0 Å². The van der Waals surface area contributed by atoms with Gasteiger partial charge in [-0.15, -0.1) is 0 Å². The zero-order chi connectivity index (χ0) is 14.8. The van der Waals surface area contributed by atoms with Gasteiger partial charge in [-0.3, -0.25) is 4.98 Å². The van der Waals surface area contributed by atoms with Crippen molar-refractivity contribution >= 4 is 15.7 Å². The van der Waals surface area contributed by atoms with Crippen molar-refractivity contribution in [2.75, 3.05) is 39.5 Å². The lowest BCUT2D eigenvalue weighted by Gasteiger charge is -2.32. The van der Waals surface area contributed by atoms with Crippen molar-refractivity contribution in [1.29, 1.82) is 0 Å². The summed E-state index contributed by atoms with van der Waals surface area (Å²) in [4.78, 5) is 6.13. The molecule has 2 heterocycles. The molecule has 0 aliphatic carbocycles. The molecule has 1 fully saturated rings. The average Bonchev–Trinajstić information content (AvgIpc) is 2.39. The van der Waals surface area contributed by atoms with Gasteiger partial charge in [0.15, 0.2) is 0 Å². The molecule has 0 bridgehead atoms. The quantitative estimate of drug-likeness (QED) is 0.882. The first-order valence-corrected chi connectivity index (χ1v) is 8.19. The molecule has 0 spiro atoms. The zero-order valence-corrected chi connectivity index (χ0v) is 12.8. The molecule has 1 aliphatic rings. The maximum Gasteiger partial charge on any atom is 0.246 e. The number of nitrogen functional groups attached to an aromatic ring is 1. The molecule has 1 saturated heterocycles. The fourth-order valence-electron chi connectivity index (χ4n) is 2.59. The molecule has 1 aliphatic heterocycles. The highest BCUT2D eigenvalue weighted by Gasteiger charge is 2.30. The van der Waals surface area contributed by atoms with E-state index in [1.807, 2.05) is 14.1 Å². The van der Waals surface area contributed by atoms with Crippen LogP contribution in [0.3, 0.4) is 0 Å². The lowest BCUT2D eigenvalue weighted by Crippen LogP contribution is -2.40. The van der Waals surface area contributed by atoms with Crippen LogP contribution in [-0.2, 0) is 10.0 Å². The SMILES string of the molecule is CN(C)CC1CCN(S(=O)(=O)c2cnccc2N)CC1. The van der Waals surface area contributed by atoms with Gasteiger partial charge in [0.05, 0.1) is 5.69 Å². The molecule has 0 amide bonds. The number of sulfonamides is 1. The van der Waals surface area contributed by atoms with E-state index in [0.717, 1.165) is 19.4 Å². The van der Waals surface area contributed by atoms with Gasteiger partial charge in [0.25, 0.3) is 0 Å². The first-order chi connectivity index (χ1) is 9.41. The number of nitrogens with zero attached hydrogens (tertiary/aromatic N) is 3. The lowest BCUT2D eigenvalue weighted by molar-refractivity contribution is 0.225. The Morgan fingerprint density at radius 1 is 1.40 bits per heavy atom. The first-order valence-electron chi connectivity index (χ1n) is 6.75. The van der Waals surface area contributed by atoms with Crippen LogP contribution in [0.25, 0.3) is 0 Å². The van der Waals surface area contributed by atoms with Crippen molar-refractivity contribution in [1.82, 2.24) is 14.2 Å². The van der Waals surface area contributed by atoms with Crippen molar-refractivity contribution in [2.45, 2.75) is 17.7 Å². The van der Waals surface area contributed by atoms with Gasteiger partial charge in [0, 0.05) is 32.0 Å². The molecule has 1 aromatic rings. The summed E-state index contributed by atoms with van der Waals surface area (Å²) in [6.45, 7) is 2.10. The minimum Gasteiger partial charge on any atom is -0.398 e. The van der Waals surface area contributed by atoms with E-state index in [4.69, 9.17) is 5.73 Å². The molecule has 0 radical (unpaired) electrons. The minimum atomic E-state index is -3.51. The Morgan fingerprint density at radius 3 is 2.60 bits per heavy atom. The number of aromatic nitrogens is 1. The van der Waals surface area contributed by atoms with Crippen LogP contribution in [0.15, 0.2) is 23.4 Å². The van der Waals surface area contributed by atoms with Crippen LogP contribution >= 0.6 is 0 Å². The van der Waals surface area contributed by atoms with Crippen LogP contribution in [0, 0.1) is 5.92 Å². The van der Waals surface area contributed by atoms with Crippen LogP contribution in [0.5, 0.6) is 0 Å². The molecule has 7 heteroatoms. The van der Waals surface area contributed by atoms with E-state index >= 15 is 0 Å². The third-order valence-electron chi connectivity index (χ3n) is 3.63. The molecule has 6 nitrogen and oxygen atoms in total. The van der Waals surface area contributed by atoms with Gasteiger partial charge in [0.1, 0.15) is 4.90 Å². The van der Waals surface area contributed by atoms with Gasteiger partial charge >= 0.3 is 0 Å². The topological polar surface area (TPSA) is 79.5 Å². The monoisotopic (exact) mass is 298 g/mol. The molecular weight excluding hydrogens is 276 g/mol. The second-order valence-electron chi connectivity index (χ2n) is 5.52. The molecule has 0 aromatic carbocycles. The van der Waals surface area contributed by atoms with Gasteiger partial charge in [-0.1, -0.05) is 0 Å². The highest BCUT2D eigenvalue weighted by atomic mass is 32.2. The predicted molar refractivity (Wildman–Crippen MR) is 78.7 cm³/mol. The van der Waals surface area contributed by atoms with Crippen molar-refractivity contribution < 1.29 is 8.42 Å². The summed E-state index contributed by atoms with van der Waals surface area (Å²) in [6.07, 6.45) is 4.60. The lowest BCUT2D eigenvalue weighted by atomic mass is 9.98. The molecular formula is C13H22N4O2S. The summed E-state index contributed by atoms with van der Waals surface area (Å²) in [5.41, 5.74) is 6.01. The van der Waals surface area contributed by atoms with E-state index in [1.54, 1.807) is 0 Å². The normalized spacial score (nSPS) is 18.6. The summed E-state index contributed by atoms with van der Waals surface area (Å²) in [5.74, 6) is 0.558. The summed E-state index contributed by atoms with van der Waals surface area (Å²) >= 11 is 0. The Kier molecular flexibility index (Phi) is 4.62. The van der Waals surface area contributed by atoms with Gasteiger partial charge in [0.2, 0.25) is 10.0 Å². The van der Waals surface area contributed by atoms with E-state index in [0.29, 0.717) is 19.0 Å². The van der Waals surface area contributed by atoms with Crippen LogP contribution in [0.4, 0.5) is 5.69 Å². The Bertz CT molecular complexity index is 551. The van der Waals surface area contributed by atoms with E-state index in [-0.39, 0.29) is 10.6 Å². The van der Waals surface area contributed by atoms with Gasteiger partial charge < -0.3 is 10.6 Å². The Hall–Kier alpha value is -1.18. The van der Waals surface area contributed by atoms with Gasteiger partial charge in [-0.2, -0.15) is 4.31 Å². The number of hydrogen-bond donors (Lipinski definition) is 1. The highest BCUT2D eigenvalue weighted by Crippen LogP contribution is 2.26. The molecule has 0 atom stereocenters. The fourth-order valence-corrected chi connectivity index (χ4v) is 4.12. The third-order valence-corrected chi connectivity index (χ3v) is 5.57. The molecule has 0 saturated carbocycles. The summed E-state index contributed by atoms with van der Waals surface area (Å²) in [6, 6.07) is 1.52. The Labute approximate surface area is 120 Å². The Morgan fingerprint density at radius 2 is 2.05 bits per heavy atom. The maximum atomic E-state index is 12.5. The zero-order valence-electron chi connectivity index (χ0n) is 12.0. The number of rotatable bonds is 4. The highest BCUT2D eigenvalue weighted by molar-refractivity contribution is 7.89. The molecule has 1 aromatic heterocycles. The largest absolute Gasteiger partial charge is 0.398 e. The van der Waals surface area contributed by atoms with Crippen LogP contribution in [0.2, 0.25) is 0 Å². The van der Waals surface area contributed by atoms with Crippen molar-refractivity contribution in [3.8, 4) is 0 Å². The van der Waals surface area contributed by atoms with E-state index in [9.17, 15) is 8.42 Å². The summed E-state index contributed by atoms with van der Waals surface area (Å²) in [5, 5.41) is 0. The Balaban J connectivity index is 2.08. The van der Waals surface area contributed by atoms with Crippen LogP contribution in [-0.4, -0.2) is 56.3 Å². The molecule has 0 unspecified atom stereocenters. The maximum absolute atomic E-state index is 12.5. The molecule has 2 rings (SSSR count). The minimum absolute atomic E-state index is 0.117. The van der Waals surface area contributed by atoms with E-state index in [1.165, 1.54) is 22.8 Å². The summed E-state index contributed by atoms with van der Waals surface area (Å²) in [7, 11) is 0.570. The number of anilines is 1. The fraction of sp³-hybridized carbons (Fsp3) is 0.615. The second-order valence-corrected chi connectivity index (χ2v) is 7.43. The molecule has 20 heavy (non-hydrogen) atoms. The van der Waals surface area contributed by atoms with Crippen molar-refractivity contribution in [3.63, 3.8) is 0 Å². The number of hydrogen-bond acceptors (Lipinski definition) is 5. The predicted octanol–water partition coefficient (Wildman–Crippen LogP) is 0.626. The molecule has 112 valence electrons. The van der Waals surface area contributed by atoms with Crippen molar-refractivity contribution in [2.24, 2.45) is 5.92 Å². The van der Waals surface area contributed by atoms with Gasteiger partial charge in [-0.05, 0) is 38.9 Å². The molecule has 2 N–H and O–H groups in total. The smallest absolute Gasteiger partial charge is 0.246 e. The number of nitrogens with two attached hydrogens (primary N) is 1. The van der Waals surface area contributed by atoms with Crippen LogP contribution in [0.1, 0.15) is 12.8 Å². The van der Waals surface area contributed by atoms with E-state index in [2.05, 4.69) is 9.88 Å². The van der Waals surface area contributed by atoms with Crippen molar-refractivity contribution in [3.05, 3.63) is 18.5 Å². The number of piperidine rings is 1. The standard InChI is InChI=1S/C13H22N4O2S/c1-16(2)10-11-4-7-17(8-5-11)20(18,19)13-9-15-6-3-12(13)14/h3,6,9,11H,4-5,7-8,10H2,1-2H3,(H2,14,15). The van der Waals surface area contributed by atoms with Gasteiger partial charge in [-0.25, -0.2) is 8.42 Å². The third kappa shape index (κ3) is 3.28.